The number of carbonyl (C=O) groups excluding carboxylic acids is 1. The van der Waals surface area contributed by atoms with Gasteiger partial charge in [-0.15, -0.1) is 22.7 Å². The van der Waals surface area contributed by atoms with E-state index in [1.54, 1.807) is 24.3 Å². The van der Waals surface area contributed by atoms with Gasteiger partial charge in [0.25, 0.3) is 0 Å². The molecule has 0 radical (unpaired) electrons. The third-order valence-electron chi connectivity index (χ3n) is 10.1. The van der Waals surface area contributed by atoms with Crippen molar-refractivity contribution in [2.75, 3.05) is 20.1 Å². The molecule has 0 saturated heterocycles. The number of hydrogen-bond donors (Lipinski definition) is 5. The molecule has 11 nitrogen and oxygen atoms in total. The first-order valence-corrected chi connectivity index (χ1v) is 20.3. The van der Waals surface area contributed by atoms with Crippen LogP contribution in [-0.2, 0) is 28.2 Å². The van der Waals surface area contributed by atoms with Crippen LogP contribution in [0.25, 0.3) is 21.1 Å². The quantitative estimate of drug-likeness (QED) is 0.0836. The number of aromatic amines is 1. The summed E-state index contributed by atoms with van der Waals surface area (Å²) in [5, 5.41) is 40.2. The van der Waals surface area contributed by atoms with Gasteiger partial charge < -0.3 is 35.3 Å². The molecule has 4 heterocycles. The summed E-state index contributed by atoms with van der Waals surface area (Å²) in [7, 11) is 2.11. The Hall–Kier alpha value is -4.29. The molecule has 0 spiro atoms. The largest absolute Gasteiger partial charge is 0.506 e. The van der Waals surface area contributed by atoms with E-state index < -0.39 is 17.7 Å². The molecule has 0 amide bonds. The van der Waals surface area contributed by atoms with E-state index in [1.807, 2.05) is 45.7 Å². The summed E-state index contributed by atoms with van der Waals surface area (Å²) in [6.45, 7) is 2.17. The van der Waals surface area contributed by atoms with Crippen molar-refractivity contribution in [2.24, 2.45) is 0 Å². The number of H-pyrrole nitrogens is 1. The van der Waals surface area contributed by atoms with Gasteiger partial charge in [0.15, 0.2) is 0 Å². The van der Waals surface area contributed by atoms with Gasteiger partial charge in [0, 0.05) is 37.1 Å². The molecule has 7 rings (SSSR count). The Morgan fingerprint density at radius 3 is 2.40 bits per heavy atom. The first kappa shape index (κ1) is 41.9. The first-order chi connectivity index (χ1) is 25.6. The number of phenolic OH excluding ortho intramolecular Hbond substituents is 1. The lowest BCUT2D eigenvalue weighted by Crippen LogP contribution is -2.42. The molecule has 0 aliphatic heterocycles. The number of carbonyl (C=O) groups is 1. The van der Waals surface area contributed by atoms with E-state index >= 15 is 0 Å². The van der Waals surface area contributed by atoms with E-state index in [-0.39, 0.29) is 38.2 Å². The lowest BCUT2D eigenvalue weighted by molar-refractivity contribution is -0.169. The van der Waals surface area contributed by atoms with Gasteiger partial charge in [-0.3, -0.25) is 23.6 Å². The summed E-state index contributed by atoms with van der Waals surface area (Å²) in [5.74, 6) is -0.669. The summed E-state index contributed by atoms with van der Waals surface area (Å²) in [6, 6.07) is 19.6. The van der Waals surface area contributed by atoms with E-state index in [9.17, 15) is 29.7 Å². The Bertz CT molecular complexity index is 2270. The minimum atomic E-state index is -1.79. The maximum Gasteiger partial charge on any atom is 0.349 e. The van der Waals surface area contributed by atoms with Gasteiger partial charge in [-0.2, -0.15) is 0 Å². The Balaban J connectivity index is 0.00000290. The number of esters is 1. The van der Waals surface area contributed by atoms with Crippen LogP contribution in [0.3, 0.4) is 0 Å². The number of aliphatic hydroxyl groups is 2. The third kappa shape index (κ3) is 8.91. The van der Waals surface area contributed by atoms with Crippen molar-refractivity contribution in [3.05, 3.63) is 118 Å². The van der Waals surface area contributed by atoms with Crippen molar-refractivity contribution >= 4 is 61.1 Å². The van der Waals surface area contributed by atoms with Crippen LogP contribution in [0.15, 0.2) is 87.1 Å². The number of ether oxygens (including phenoxy) is 1. The predicted octanol–water partition coefficient (Wildman–Crippen LogP) is 5.97. The third-order valence-corrected chi connectivity index (χ3v) is 13.0. The van der Waals surface area contributed by atoms with E-state index in [0.29, 0.717) is 45.4 Å². The van der Waals surface area contributed by atoms with Crippen LogP contribution in [0.2, 0.25) is 0 Å². The summed E-state index contributed by atoms with van der Waals surface area (Å²) in [5.41, 5.74) is 0.663. The number of thiophene rings is 2. The molecule has 294 valence electrons. The minimum absolute atomic E-state index is 0. The SMILES string of the molecule is CN(CCCn1c(=O)sc2cc(CNC[C@H](O)c3ccc(O)c4[nH]c(=O)ccc34)ccc21)C1CCC(OC(=O)C(O)(c2cccs2)c2cccs2)CC1.F.F. The second-order valence-corrected chi connectivity index (χ2v) is 16.5. The van der Waals surface area contributed by atoms with Crippen LogP contribution in [0, 0.1) is 0 Å². The number of aromatic nitrogens is 2. The van der Waals surface area contributed by atoms with Crippen molar-refractivity contribution in [3.8, 4) is 5.75 Å². The molecular weight excluding hydrogens is 771 g/mol. The van der Waals surface area contributed by atoms with Gasteiger partial charge in [-0.05, 0) is 104 Å². The van der Waals surface area contributed by atoms with Crippen molar-refractivity contribution in [1.82, 2.24) is 19.8 Å². The lowest BCUT2D eigenvalue weighted by Gasteiger charge is -2.35. The molecule has 1 fully saturated rings. The number of aryl methyl sites for hydroxylation is 1. The van der Waals surface area contributed by atoms with Gasteiger partial charge in [-0.25, -0.2) is 4.79 Å². The highest BCUT2D eigenvalue weighted by Gasteiger charge is 2.45. The number of aliphatic hydroxyl groups excluding tert-OH is 1. The number of benzene rings is 2. The Morgan fingerprint density at radius 1 is 1.02 bits per heavy atom. The number of halogens is 2. The molecule has 6 aromatic rings. The number of hydrogen-bond acceptors (Lipinski definition) is 12. The molecule has 1 atom stereocenters. The molecule has 16 heteroatoms. The highest BCUT2D eigenvalue weighted by Crippen LogP contribution is 2.38. The zero-order valence-corrected chi connectivity index (χ0v) is 32.5. The molecular formula is C39H44F2N4O7S3. The average molecular weight is 815 g/mol. The average Bonchev–Trinajstić information content (AvgIpc) is 3.95. The van der Waals surface area contributed by atoms with Crippen LogP contribution in [0.4, 0.5) is 9.41 Å². The molecule has 0 unspecified atom stereocenters. The maximum atomic E-state index is 13.4. The fourth-order valence-electron chi connectivity index (χ4n) is 7.24. The molecule has 0 bridgehead atoms. The highest BCUT2D eigenvalue weighted by atomic mass is 32.1. The molecule has 55 heavy (non-hydrogen) atoms. The summed E-state index contributed by atoms with van der Waals surface area (Å²) < 4.78 is 8.69. The fourth-order valence-corrected chi connectivity index (χ4v) is 9.93. The smallest absolute Gasteiger partial charge is 0.349 e. The van der Waals surface area contributed by atoms with Crippen molar-refractivity contribution in [2.45, 2.75) is 69.0 Å². The van der Waals surface area contributed by atoms with E-state index in [0.717, 1.165) is 54.4 Å². The zero-order valence-electron chi connectivity index (χ0n) is 30.0. The second kappa shape index (κ2) is 18.1. The minimum Gasteiger partial charge on any atom is -0.506 e. The Morgan fingerprint density at radius 2 is 1.73 bits per heavy atom. The van der Waals surface area contributed by atoms with Crippen LogP contribution in [-0.4, -0.2) is 68.0 Å². The molecule has 1 aliphatic rings. The number of fused-ring (bicyclic) bond motifs is 2. The maximum absolute atomic E-state index is 13.4. The van der Waals surface area contributed by atoms with Gasteiger partial charge in [0.05, 0.1) is 31.6 Å². The zero-order chi connectivity index (χ0) is 37.1. The van der Waals surface area contributed by atoms with Crippen LogP contribution < -0.4 is 15.7 Å². The lowest BCUT2D eigenvalue weighted by atomic mass is 9.91. The number of thiazole rings is 1. The number of phenols is 1. The molecule has 5 N–H and O–H groups in total. The summed E-state index contributed by atoms with van der Waals surface area (Å²) in [4.78, 5) is 44.2. The van der Waals surface area contributed by atoms with E-state index in [4.69, 9.17) is 4.74 Å². The number of pyridine rings is 1. The molecule has 4 aromatic heterocycles. The number of aromatic hydroxyl groups is 1. The van der Waals surface area contributed by atoms with Gasteiger partial charge in [-0.1, -0.05) is 35.6 Å². The van der Waals surface area contributed by atoms with Gasteiger partial charge in [0.2, 0.25) is 11.2 Å². The monoisotopic (exact) mass is 814 g/mol. The van der Waals surface area contributed by atoms with Gasteiger partial charge in [0.1, 0.15) is 11.9 Å². The summed E-state index contributed by atoms with van der Waals surface area (Å²) >= 11 is 3.91. The fraction of sp³-hybridized carbons (Fsp3) is 0.359. The summed E-state index contributed by atoms with van der Waals surface area (Å²) in [6.07, 6.45) is 2.92. The van der Waals surface area contributed by atoms with Crippen LogP contribution >= 0.6 is 34.0 Å². The highest BCUT2D eigenvalue weighted by molar-refractivity contribution is 7.16. The van der Waals surface area contributed by atoms with Crippen LogP contribution in [0.5, 0.6) is 5.75 Å². The molecule has 1 saturated carbocycles. The molecule has 2 aromatic carbocycles. The van der Waals surface area contributed by atoms with Crippen LogP contribution in [0.1, 0.15) is 59.1 Å². The number of nitrogens with zero attached hydrogens (tertiary/aromatic N) is 2. The molecule has 1 aliphatic carbocycles. The Labute approximate surface area is 327 Å². The van der Waals surface area contributed by atoms with Crippen molar-refractivity contribution < 1.29 is 34.3 Å². The first-order valence-electron chi connectivity index (χ1n) is 17.7. The predicted molar refractivity (Wildman–Crippen MR) is 215 cm³/mol. The number of nitrogens with one attached hydrogen (secondary N) is 2. The van der Waals surface area contributed by atoms with E-state index in [1.165, 1.54) is 46.1 Å². The normalized spacial score (nSPS) is 16.5. The van der Waals surface area contributed by atoms with E-state index in [2.05, 4.69) is 22.2 Å². The van der Waals surface area contributed by atoms with Crippen molar-refractivity contribution in [1.29, 1.82) is 0 Å². The number of rotatable bonds is 14. The second-order valence-electron chi connectivity index (χ2n) is 13.6. The standard InChI is InChI=1S/C39H42N4O7S3.2FH/c1-42(25-8-10-26(11-9-25)50-37(47)39(49,33-5-2-19-51-33)34-6-3-20-52-34)17-4-18-43-29-14-7-24(21-32(29)53-38(43)48)22-40-23-31(45)27-12-15-30(44)36-28(27)13-16-35(46)41-36;;/h2-3,5-7,12-16,19-21,25-26,31,40,44-45,49H,4,8-11,17-18,22-23H2,1H3,(H,41,46);2*1H/t25?,26?,31-;;/m0../s1. The topological polar surface area (TPSA) is 157 Å². The van der Waals surface area contributed by atoms with Gasteiger partial charge >= 0.3 is 10.8 Å². The Kier molecular flexibility index (Phi) is 13.8. The van der Waals surface area contributed by atoms with Crippen molar-refractivity contribution in [3.63, 3.8) is 0 Å².